The van der Waals surface area contributed by atoms with Gasteiger partial charge in [-0.25, -0.2) is 4.39 Å². The number of carbonyl (C=O) groups excluding carboxylic acids is 3. The number of fused-ring (bicyclic) bond motifs is 1. The van der Waals surface area contributed by atoms with E-state index in [0.717, 1.165) is 17.0 Å². The van der Waals surface area contributed by atoms with Crippen molar-refractivity contribution in [2.45, 2.75) is 11.3 Å². The predicted molar refractivity (Wildman–Crippen MR) is 122 cm³/mol. The van der Waals surface area contributed by atoms with Crippen LogP contribution in [0.1, 0.15) is 6.42 Å². The molecule has 2 aromatic carbocycles. The second kappa shape index (κ2) is 10.1. The molecule has 0 aromatic heterocycles. The maximum Gasteiger partial charge on any atom is 0.242 e. The summed E-state index contributed by atoms with van der Waals surface area (Å²) in [6.45, 7) is 2.59. The number of anilines is 2. The van der Waals surface area contributed by atoms with Crippen LogP contribution >= 0.6 is 11.8 Å². The lowest BCUT2D eigenvalue weighted by molar-refractivity contribution is -0.131. The van der Waals surface area contributed by atoms with Gasteiger partial charge in [0.1, 0.15) is 12.4 Å². The van der Waals surface area contributed by atoms with E-state index in [1.165, 1.54) is 36.0 Å². The number of nitrogens with zero attached hydrogens (tertiary/aromatic N) is 3. The van der Waals surface area contributed by atoms with E-state index in [4.69, 9.17) is 0 Å². The Kier molecular flexibility index (Phi) is 7.06. The Labute approximate surface area is 190 Å². The molecule has 168 valence electrons. The van der Waals surface area contributed by atoms with Gasteiger partial charge in [-0.3, -0.25) is 19.3 Å². The Morgan fingerprint density at radius 3 is 2.56 bits per heavy atom. The second-order valence-corrected chi connectivity index (χ2v) is 8.82. The number of benzene rings is 2. The fourth-order valence-electron chi connectivity index (χ4n) is 3.88. The van der Waals surface area contributed by atoms with Gasteiger partial charge in [0.05, 0.1) is 18.0 Å². The highest BCUT2D eigenvalue weighted by Gasteiger charge is 2.29. The molecule has 0 radical (unpaired) electrons. The maximum absolute atomic E-state index is 13.0. The SMILES string of the molecule is O=C(CN1CCCN(C(=O)CN2C(=O)CSc3ccccc32)CC1)Nc1ccc(F)cc1. The third kappa shape index (κ3) is 5.46. The Hall–Kier alpha value is -2.91. The molecule has 0 aliphatic carbocycles. The van der Waals surface area contributed by atoms with Gasteiger partial charge in [-0.1, -0.05) is 12.1 Å². The van der Waals surface area contributed by atoms with Crippen LogP contribution in [0.4, 0.5) is 15.8 Å². The van der Waals surface area contributed by atoms with E-state index in [9.17, 15) is 18.8 Å². The van der Waals surface area contributed by atoms with E-state index in [-0.39, 0.29) is 36.6 Å². The predicted octanol–water partition coefficient (Wildman–Crippen LogP) is 2.44. The number of nitrogens with one attached hydrogen (secondary N) is 1. The Morgan fingerprint density at radius 1 is 0.969 bits per heavy atom. The van der Waals surface area contributed by atoms with Gasteiger partial charge in [0.25, 0.3) is 0 Å². The normalized spacial score (nSPS) is 17.0. The van der Waals surface area contributed by atoms with Crippen LogP contribution < -0.4 is 10.2 Å². The van der Waals surface area contributed by atoms with E-state index in [0.29, 0.717) is 37.6 Å². The van der Waals surface area contributed by atoms with E-state index < -0.39 is 0 Å². The van der Waals surface area contributed by atoms with Crippen LogP contribution in [0.2, 0.25) is 0 Å². The van der Waals surface area contributed by atoms with E-state index >= 15 is 0 Å². The number of hydrogen-bond donors (Lipinski definition) is 1. The molecular formula is C23H25FN4O3S. The number of hydrogen-bond acceptors (Lipinski definition) is 5. The summed E-state index contributed by atoms with van der Waals surface area (Å²) >= 11 is 1.49. The van der Waals surface area contributed by atoms with Crippen molar-refractivity contribution in [3.63, 3.8) is 0 Å². The minimum absolute atomic E-state index is 0.0292. The van der Waals surface area contributed by atoms with Crippen LogP contribution in [0.25, 0.3) is 0 Å². The molecule has 1 N–H and O–H groups in total. The first-order valence-electron chi connectivity index (χ1n) is 10.6. The number of amides is 3. The molecular weight excluding hydrogens is 431 g/mol. The van der Waals surface area contributed by atoms with Crippen molar-refractivity contribution in [1.29, 1.82) is 0 Å². The van der Waals surface area contributed by atoms with Gasteiger partial charge >= 0.3 is 0 Å². The van der Waals surface area contributed by atoms with E-state index in [1.54, 1.807) is 9.80 Å². The van der Waals surface area contributed by atoms with Crippen LogP contribution in [0, 0.1) is 5.82 Å². The minimum Gasteiger partial charge on any atom is -0.340 e. The number of carbonyl (C=O) groups is 3. The molecule has 0 bridgehead atoms. The van der Waals surface area contributed by atoms with Gasteiger partial charge in [-0.05, 0) is 42.8 Å². The average Bonchev–Trinajstić information content (AvgIpc) is 3.03. The molecule has 2 aliphatic rings. The lowest BCUT2D eigenvalue weighted by atomic mass is 10.2. The summed E-state index contributed by atoms with van der Waals surface area (Å²) in [4.78, 5) is 44.1. The lowest BCUT2D eigenvalue weighted by Crippen LogP contribution is -2.46. The highest BCUT2D eigenvalue weighted by atomic mass is 32.2. The fourth-order valence-corrected chi connectivity index (χ4v) is 4.81. The zero-order valence-electron chi connectivity index (χ0n) is 17.6. The summed E-state index contributed by atoms with van der Waals surface area (Å²) in [7, 11) is 0. The third-order valence-corrected chi connectivity index (χ3v) is 6.59. The van der Waals surface area contributed by atoms with E-state index in [1.807, 2.05) is 29.2 Å². The smallest absolute Gasteiger partial charge is 0.242 e. The van der Waals surface area contributed by atoms with Crippen molar-refractivity contribution >= 4 is 40.9 Å². The molecule has 2 heterocycles. The molecule has 4 rings (SSSR count). The molecule has 32 heavy (non-hydrogen) atoms. The maximum atomic E-state index is 13.0. The number of thioether (sulfide) groups is 1. The molecule has 0 saturated carbocycles. The Bertz CT molecular complexity index is 1000. The van der Waals surface area contributed by atoms with Gasteiger partial charge in [0, 0.05) is 36.8 Å². The van der Waals surface area contributed by atoms with Crippen molar-refractivity contribution in [2.24, 2.45) is 0 Å². The molecule has 0 atom stereocenters. The van der Waals surface area contributed by atoms with Crippen LogP contribution in [0.3, 0.4) is 0 Å². The summed E-state index contributed by atoms with van der Waals surface area (Å²) < 4.78 is 13.0. The van der Waals surface area contributed by atoms with Crippen molar-refractivity contribution in [3.05, 3.63) is 54.3 Å². The van der Waals surface area contributed by atoms with Crippen molar-refractivity contribution in [1.82, 2.24) is 9.80 Å². The number of para-hydroxylation sites is 1. The molecule has 3 amide bonds. The topological polar surface area (TPSA) is 73.0 Å². The number of halogens is 1. The molecule has 9 heteroatoms. The summed E-state index contributed by atoms with van der Waals surface area (Å²) in [5.74, 6) is -0.340. The number of rotatable bonds is 5. The van der Waals surface area contributed by atoms with Gasteiger partial charge < -0.3 is 15.1 Å². The summed E-state index contributed by atoms with van der Waals surface area (Å²) in [6.07, 6.45) is 0.746. The summed E-state index contributed by atoms with van der Waals surface area (Å²) in [5.41, 5.74) is 1.34. The summed E-state index contributed by atoms with van der Waals surface area (Å²) in [6, 6.07) is 13.3. The first-order valence-corrected chi connectivity index (χ1v) is 11.6. The van der Waals surface area contributed by atoms with Crippen molar-refractivity contribution < 1.29 is 18.8 Å². The van der Waals surface area contributed by atoms with Crippen LogP contribution in [-0.4, -0.2) is 72.5 Å². The molecule has 7 nitrogen and oxygen atoms in total. The Morgan fingerprint density at radius 2 is 1.75 bits per heavy atom. The zero-order chi connectivity index (χ0) is 22.5. The first-order chi connectivity index (χ1) is 15.5. The fraction of sp³-hybridized carbons (Fsp3) is 0.348. The standard InChI is InChI=1S/C23H25FN4O3S/c24-17-6-8-18(9-7-17)25-21(29)14-26-10-3-11-27(13-12-26)22(30)15-28-19-4-1-2-5-20(19)32-16-23(28)31/h1-2,4-9H,3,10-16H2,(H,25,29). The van der Waals surface area contributed by atoms with Crippen LogP contribution in [0.5, 0.6) is 0 Å². The molecule has 1 saturated heterocycles. The van der Waals surface area contributed by atoms with Crippen LogP contribution in [-0.2, 0) is 14.4 Å². The third-order valence-electron chi connectivity index (χ3n) is 5.54. The Balaban J connectivity index is 1.30. The molecule has 2 aliphatic heterocycles. The first kappa shape index (κ1) is 22.3. The van der Waals surface area contributed by atoms with Crippen molar-refractivity contribution in [3.8, 4) is 0 Å². The van der Waals surface area contributed by atoms with Gasteiger partial charge in [0.2, 0.25) is 17.7 Å². The van der Waals surface area contributed by atoms with Gasteiger partial charge in [-0.2, -0.15) is 0 Å². The molecule has 1 fully saturated rings. The average molecular weight is 457 g/mol. The molecule has 0 unspecified atom stereocenters. The second-order valence-electron chi connectivity index (χ2n) is 7.80. The highest BCUT2D eigenvalue weighted by molar-refractivity contribution is 8.00. The highest BCUT2D eigenvalue weighted by Crippen LogP contribution is 2.34. The zero-order valence-corrected chi connectivity index (χ0v) is 18.4. The quantitative estimate of drug-likeness (QED) is 0.748. The van der Waals surface area contributed by atoms with E-state index in [2.05, 4.69) is 5.32 Å². The molecule has 0 spiro atoms. The summed E-state index contributed by atoms with van der Waals surface area (Å²) in [5, 5.41) is 2.77. The molecule has 2 aromatic rings. The van der Waals surface area contributed by atoms with Gasteiger partial charge in [-0.15, -0.1) is 11.8 Å². The van der Waals surface area contributed by atoms with Crippen molar-refractivity contribution in [2.75, 3.05) is 55.2 Å². The largest absolute Gasteiger partial charge is 0.340 e. The monoisotopic (exact) mass is 456 g/mol. The van der Waals surface area contributed by atoms with Crippen LogP contribution in [0.15, 0.2) is 53.4 Å². The lowest BCUT2D eigenvalue weighted by Gasteiger charge is -2.30. The minimum atomic E-state index is -0.353. The van der Waals surface area contributed by atoms with Gasteiger partial charge in [0.15, 0.2) is 0 Å².